The van der Waals surface area contributed by atoms with Gasteiger partial charge in [-0.1, -0.05) is 23.7 Å². The molecule has 1 fully saturated rings. The lowest BCUT2D eigenvalue weighted by molar-refractivity contribution is 0.0903. The fraction of sp³-hybridized carbons (Fsp3) is 0.280. The van der Waals surface area contributed by atoms with Crippen LogP contribution in [0.25, 0.3) is 11.3 Å². The van der Waals surface area contributed by atoms with Gasteiger partial charge in [-0.25, -0.2) is 14.4 Å². The Labute approximate surface area is 206 Å². The standard InChI is InChI=1S/C25H24ClFN6O2/c1-32-15-18(13-29-32)24(16-2-4-19(26)5-3-16)33-9-6-17(12-22(33)34)23-21(27)14-28-25(31-23)30-20-7-10-35-11-8-20/h2-6,9,12-15,20,24H,7-8,10-11H2,1H3,(H,28,30,31). The number of aryl methyl sites for hydroxylation is 1. The van der Waals surface area contributed by atoms with E-state index in [4.69, 9.17) is 16.3 Å². The van der Waals surface area contributed by atoms with Crippen molar-refractivity contribution in [3.05, 3.63) is 93.5 Å². The van der Waals surface area contributed by atoms with Gasteiger partial charge < -0.3 is 14.6 Å². The van der Waals surface area contributed by atoms with Crippen molar-refractivity contribution >= 4 is 17.5 Å². The average molecular weight is 495 g/mol. The molecule has 1 N–H and O–H groups in total. The van der Waals surface area contributed by atoms with Crippen LogP contribution in [0.15, 0.2) is 66.0 Å². The van der Waals surface area contributed by atoms with Gasteiger partial charge in [0.1, 0.15) is 5.69 Å². The molecule has 1 aromatic carbocycles. The number of halogens is 2. The van der Waals surface area contributed by atoms with Gasteiger partial charge in [0.15, 0.2) is 5.82 Å². The van der Waals surface area contributed by atoms with Gasteiger partial charge in [0, 0.05) is 60.9 Å². The van der Waals surface area contributed by atoms with E-state index >= 15 is 0 Å². The number of nitrogens with one attached hydrogen (secondary N) is 1. The lowest BCUT2D eigenvalue weighted by atomic mass is 10.0. The maximum atomic E-state index is 14.7. The van der Waals surface area contributed by atoms with Gasteiger partial charge in [0.25, 0.3) is 5.56 Å². The molecule has 0 radical (unpaired) electrons. The van der Waals surface area contributed by atoms with Crippen LogP contribution < -0.4 is 10.9 Å². The molecular formula is C25H24ClFN6O2. The summed E-state index contributed by atoms with van der Waals surface area (Å²) in [5, 5.41) is 8.11. The number of benzene rings is 1. The maximum Gasteiger partial charge on any atom is 0.252 e. The lowest BCUT2D eigenvalue weighted by Gasteiger charge is -2.23. The smallest absolute Gasteiger partial charge is 0.252 e. The normalized spacial score (nSPS) is 15.2. The minimum absolute atomic E-state index is 0.0724. The summed E-state index contributed by atoms with van der Waals surface area (Å²) in [7, 11) is 1.82. The van der Waals surface area contributed by atoms with Crippen molar-refractivity contribution < 1.29 is 9.13 Å². The van der Waals surface area contributed by atoms with E-state index in [0.29, 0.717) is 29.7 Å². The number of ether oxygens (including phenoxy) is 1. The molecule has 4 aromatic rings. The second-order valence-corrected chi connectivity index (χ2v) is 8.92. The Morgan fingerprint density at radius 2 is 1.91 bits per heavy atom. The zero-order valence-electron chi connectivity index (χ0n) is 19.1. The van der Waals surface area contributed by atoms with Crippen molar-refractivity contribution in [2.24, 2.45) is 7.05 Å². The highest BCUT2D eigenvalue weighted by atomic mass is 35.5. The SMILES string of the molecule is Cn1cc(C(c2ccc(Cl)cc2)n2ccc(-c3nc(NC4CCOCC4)ncc3F)cc2=O)cn1. The molecular weight excluding hydrogens is 471 g/mol. The Morgan fingerprint density at radius 3 is 2.60 bits per heavy atom. The first kappa shape index (κ1) is 23.2. The molecule has 0 saturated carbocycles. The molecule has 0 aliphatic carbocycles. The van der Waals surface area contributed by atoms with E-state index in [9.17, 15) is 9.18 Å². The Kier molecular flexibility index (Phi) is 6.61. The summed E-state index contributed by atoms with van der Waals surface area (Å²) in [6.45, 7) is 1.32. The van der Waals surface area contributed by atoms with E-state index in [1.54, 1.807) is 39.8 Å². The number of nitrogens with zero attached hydrogens (tertiary/aromatic N) is 5. The summed E-state index contributed by atoms with van der Waals surface area (Å²) in [5.74, 6) is -0.270. The van der Waals surface area contributed by atoms with Crippen molar-refractivity contribution in [3.63, 3.8) is 0 Å². The first-order chi connectivity index (χ1) is 17.0. The first-order valence-corrected chi connectivity index (χ1v) is 11.7. The second-order valence-electron chi connectivity index (χ2n) is 8.48. The summed E-state index contributed by atoms with van der Waals surface area (Å²) in [6.07, 6.45) is 8.01. The fourth-order valence-electron chi connectivity index (χ4n) is 4.25. The molecule has 1 saturated heterocycles. The molecule has 10 heteroatoms. The lowest BCUT2D eigenvalue weighted by Crippen LogP contribution is -2.28. The van der Waals surface area contributed by atoms with Crippen molar-refractivity contribution in [2.75, 3.05) is 18.5 Å². The van der Waals surface area contributed by atoms with Crippen LogP contribution >= 0.6 is 11.6 Å². The molecule has 1 aliphatic heterocycles. The molecule has 0 spiro atoms. The predicted molar refractivity (Wildman–Crippen MR) is 131 cm³/mol. The van der Waals surface area contributed by atoms with Crippen molar-refractivity contribution in [1.82, 2.24) is 24.3 Å². The highest BCUT2D eigenvalue weighted by Crippen LogP contribution is 2.28. The third kappa shape index (κ3) is 5.11. The molecule has 0 bridgehead atoms. The van der Waals surface area contributed by atoms with E-state index in [1.165, 1.54) is 6.07 Å². The summed E-state index contributed by atoms with van der Waals surface area (Å²) in [6, 6.07) is 10.1. The van der Waals surface area contributed by atoms with Gasteiger partial charge >= 0.3 is 0 Å². The van der Waals surface area contributed by atoms with Crippen molar-refractivity contribution in [2.45, 2.75) is 24.9 Å². The topological polar surface area (TPSA) is 86.9 Å². The van der Waals surface area contributed by atoms with E-state index < -0.39 is 11.9 Å². The van der Waals surface area contributed by atoms with Crippen molar-refractivity contribution in [1.29, 1.82) is 0 Å². The molecule has 1 aliphatic rings. The maximum absolute atomic E-state index is 14.7. The van der Waals surface area contributed by atoms with E-state index in [0.717, 1.165) is 30.2 Å². The number of pyridine rings is 1. The Balaban J connectivity index is 1.50. The number of anilines is 1. The summed E-state index contributed by atoms with van der Waals surface area (Å²) in [5.41, 5.74) is 1.85. The van der Waals surface area contributed by atoms with Gasteiger partial charge in [-0.15, -0.1) is 0 Å². The van der Waals surface area contributed by atoms with Crippen LogP contribution in [0.1, 0.15) is 30.0 Å². The van der Waals surface area contributed by atoms with Crippen LogP contribution in [-0.2, 0) is 11.8 Å². The van der Waals surface area contributed by atoms with Gasteiger partial charge in [0.2, 0.25) is 5.95 Å². The Bertz CT molecular complexity index is 1380. The summed E-state index contributed by atoms with van der Waals surface area (Å²) < 4.78 is 23.3. The quantitative estimate of drug-likeness (QED) is 0.435. The van der Waals surface area contributed by atoms with E-state index in [2.05, 4.69) is 20.4 Å². The highest BCUT2D eigenvalue weighted by molar-refractivity contribution is 6.30. The molecule has 5 rings (SSSR count). The van der Waals surface area contributed by atoms with Gasteiger partial charge in [-0.3, -0.25) is 9.48 Å². The van der Waals surface area contributed by atoms with Crippen LogP contribution in [0.3, 0.4) is 0 Å². The van der Waals surface area contributed by atoms with Crippen LogP contribution in [0.5, 0.6) is 0 Å². The van der Waals surface area contributed by atoms with E-state index in [-0.39, 0.29) is 17.3 Å². The fourth-order valence-corrected chi connectivity index (χ4v) is 4.38. The molecule has 4 heterocycles. The zero-order valence-corrected chi connectivity index (χ0v) is 19.8. The number of hydrogen-bond donors (Lipinski definition) is 1. The van der Waals surface area contributed by atoms with Gasteiger partial charge in [0.05, 0.1) is 18.4 Å². The zero-order chi connectivity index (χ0) is 24.4. The van der Waals surface area contributed by atoms with Crippen molar-refractivity contribution in [3.8, 4) is 11.3 Å². The third-order valence-electron chi connectivity index (χ3n) is 6.02. The molecule has 35 heavy (non-hydrogen) atoms. The van der Waals surface area contributed by atoms with E-state index in [1.807, 2.05) is 25.4 Å². The minimum atomic E-state index is -0.596. The Hall–Kier alpha value is -3.56. The van der Waals surface area contributed by atoms with Crippen LogP contribution in [0, 0.1) is 5.82 Å². The predicted octanol–water partition coefficient (Wildman–Crippen LogP) is 4.06. The minimum Gasteiger partial charge on any atom is -0.381 e. The van der Waals surface area contributed by atoms with Gasteiger partial charge in [-0.2, -0.15) is 5.10 Å². The third-order valence-corrected chi connectivity index (χ3v) is 6.28. The monoisotopic (exact) mass is 494 g/mol. The van der Waals surface area contributed by atoms with Crippen LogP contribution in [0.2, 0.25) is 5.02 Å². The second kappa shape index (κ2) is 9.97. The largest absolute Gasteiger partial charge is 0.381 e. The highest BCUT2D eigenvalue weighted by Gasteiger charge is 2.21. The van der Waals surface area contributed by atoms with Crippen LogP contribution in [0.4, 0.5) is 10.3 Å². The summed E-state index contributed by atoms with van der Waals surface area (Å²) in [4.78, 5) is 21.7. The number of rotatable bonds is 6. The molecule has 180 valence electrons. The molecule has 1 atom stereocenters. The summed E-state index contributed by atoms with van der Waals surface area (Å²) >= 11 is 6.08. The first-order valence-electron chi connectivity index (χ1n) is 11.3. The Morgan fingerprint density at radius 1 is 1.14 bits per heavy atom. The molecule has 3 aromatic heterocycles. The molecule has 1 unspecified atom stereocenters. The van der Waals surface area contributed by atoms with Crippen LogP contribution in [-0.4, -0.2) is 43.6 Å². The molecule has 8 nitrogen and oxygen atoms in total. The average Bonchev–Trinajstić information content (AvgIpc) is 3.29. The number of aromatic nitrogens is 5. The molecule has 0 amide bonds. The number of hydrogen-bond acceptors (Lipinski definition) is 6. The van der Waals surface area contributed by atoms with Gasteiger partial charge in [-0.05, 0) is 36.6 Å².